The SMILES string of the molecule is CC(C)(C)OC(=O)C[C@H](NC(=O)CCNC(=O)Cc1ccc(C(=N)N)cc1)C(=O)N[C@@H](Cc1ccccc1)C(=O)OC(C)(C)C.I. The Morgan fingerprint density at radius 3 is 1.91 bits per heavy atom. The van der Waals surface area contributed by atoms with E-state index >= 15 is 0 Å². The summed E-state index contributed by atoms with van der Waals surface area (Å²) in [5.41, 5.74) is 5.82. The molecule has 0 aliphatic heterocycles. The lowest BCUT2D eigenvalue weighted by molar-refractivity contribution is -0.159. The molecule has 2 rings (SSSR count). The van der Waals surface area contributed by atoms with Crippen LogP contribution in [0.3, 0.4) is 0 Å². The topological polar surface area (TPSA) is 190 Å². The Morgan fingerprint density at radius 2 is 1.37 bits per heavy atom. The summed E-state index contributed by atoms with van der Waals surface area (Å²) in [5, 5.41) is 15.3. The zero-order valence-corrected chi connectivity index (χ0v) is 29.6. The Labute approximate surface area is 287 Å². The maximum absolute atomic E-state index is 13.5. The number of nitrogens with one attached hydrogen (secondary N) is 4. The third-order valence-corrected chi connectivity index (χ3v) is 6.04. The third-order valence-electron chi connectivity index (χ3n) is 6.04. The lowest BCUT2D eigenvalue weighted by atomic mass is 10.0. The van der Waals surface area contributed by atoms with Crippen molar-refractivity contribution in [2.45, 2.75) is 90.5 Å². The molecular weight excluding hydrogens is 705 g/mol. The molecule has 0 aliphatic rings. The number of esters is 2. The van der Waals surface area contributed by atoms with Crippen LogP contribution >= 0.6 is 24.0 Å². The highest BCUT2D eigenvalue weighted by Crippen LogP contribution is 2.13. The number of ether oxygens (including phenoxy) is 2. The molecular formula is C33H46IN5O7. The average molecular weight is 752 g/mol. The van der Waals surface area contributed by atoms with Crippen LogP contribution in [0.5, 0.6) is 0 Å². The van der Waals surface area contributed by atoms with E-state index in [-0.39, 0.29) is 61.5 Å². The molecule has 0 radical (unpaired) electrons. The molecule has 0 aliphatic carbocycles. The first-order valence-corrected chi connectivity index (χ1v) is 14.7. The lowest BCUT2D eigenvalue weighted by Gasteiger charge is -2.27. The minimum Gasteiger partial charge on any atom is -0.460 e. The molecule has 0 bridgehead atoms. The van der Waals surface area contributed by atoms with E-state index in [1.165, 1.54) is 0 Å². The number of nitrogen functional groups attached to an aromatic ring is 1. The first-order valence-electron chi connectivity index (χ1n) is 14.7. The zero-order valence-electron chi connectivity index (χ0n) is 27.2. The van der Waals surface area contributed by atoms with Crippen molar-refractivity contribution in [2.75, 3.05) is 6.54 Å². The molecule has 3 amide bonds. The third kappa shape index (κ3) is 15.8. The molecule has 0 fully saturated rings. The smallest absolute Gasteiger partial charge is 0.329 e. The van der Waals surface area contributed by atoms with Crippen LogP contribution in [-0.4, -0.2) is 65.3 Å². The monoisotopic (exact) mass is 751 g/mol. The van der Waals surface area contributed by atoms with Gasteiger partial charge < -0.3 is 31.2 Å². The normalized spacial score (nSPS) is 12.4. The highest BCUT2D eigenvalue weighted by Gasteiger charge is 2.32. The predicted molar refractivity (Wildman–Crippen MR) is 185 cm³/mol. The van der Waals surface area contributed by atoms with Crippen molar-refractivity contribution in [1.82, 2.24) is 16.0 Å². The molecule has 46 heavy (non-hydrogen) atoms. The van der Waals surface area contributed by atoms with Gasteiger partial charge in [-0.05, 0) is 52.7 Å². The number of carbonyl (C=O) groups is 5. The van der Waals surface area contributed by atoms with Crippen LogP contribution in [0.2, 0.25) is 0 Å². The predicted octanol–water partition coefficient (Wildman–Crippen LogP) is 2.92. The van der Waals surface area contributed by atoms with Crippen molar-refractivity contribution in [3.63, 3.8) is 0 Å². The second-order valence-electron chi connectivity index (χ2n) is 12.6. The minimum atomic E-state index is -1.36. The number of amides is 3. The second-order valence-corrected chi connectivity index (χ2v) is 12.6. The Hall–Kier alpha value is -4.01. The van der Waals surface area contributed by atoms with E-state index in [4.69, 9.17) is 20.6 Å². The van der Waals surface area contributed by atoms with Crippen LogP contribution in [0.15, 0.2) is 54.6 Å². The fourth-order valence-electron chi connectivity index (χ4n) is 4.08. The number of carbonyl (C=O) groups excluding carboxylic acids is 5. The van der Waals surface area contributed by atoms with Crippen molar-refractivity contribution in [1.29, 1.82) is 5.41 Å². The number of benzene rings is 2. The summed E-state index contributed by atoms with van der Waals surface area (Å²) in [7, 11) is 0. The van der Waals surface area contributed by atoms with Gasteiger partial charge in [-0.15, -0.1) is 24.0 Å². The zero-order chi connectivity index (χ0) is 33.8. The first-order chi connectivity index (χ1) is 20.9. The summed E-state index contributed by atoms with van der Waals surface area (Å²) in [6.07, 6.45) is -0.481. The fourth-order valence-corrected chi connectivity index (χ4v) is 4.08. The van der Waals surface area contributed by atoms with Gasteiger partial charge in [-0.3, -0.25) is 24.6 Å². The number of nitrogens with two attached hydrogens (primary N) is 1. The Kier molecular flexibility index (Phi) is 15.8. The average Bonchev–Trinajstić information content (AvgIpc) is 2.91. The molecule has 6 N–H and O–H groups in total. The molecule has 0 unspecified atom stereocenters. The molecule has 0 heterocycles. The van der Waals surface area contributed by atoms with Crippen molar-refractivity contribution in [3.8, 4) is 0 Å². The van der Waals surface area contributed by atoms with Gasteiger partial charge in [0, 0.05) is 24.9 Å². The quantitative estimate of drug-likeness (QED) is 0.0843. The number of rotatable bonds is 14. The summed E-state index contributed by atoms with van der Waals surface area (Å²) in [6, 6.07) is 13.2. The van der Waals surface area contributed by atoms with Gasteiger partial charge in [-0.2, -0.15) is 0 Å². The van der Waals surface area contributed by atoms with Crippen molar-refractivity contribution >= 4 is 59.5 Å². The minimum absolute atomic E-state index is 0. The van der Waals surface area contributed by atoms with E-state index in [9.17, 15) is 24.0 Å². The molecule has 0 saturated heterocycles. The van der Waals surface area contributed by atoms with Crippen LogP contribution in [0.1, 0.15) is 71.1 Å². The molecule has 13 heteroatoms. The maximum atomic E-state index is 13.5. The van der Waals surface area contributed by atoms with E-state index in [0.29, 0.717) is 11.1 Å². The molecule has 12 nitrogen and oxygen atoms in total. The summed E-state index contributed by atoms with van der Waals surface area (Å²) in [4.78, 5) is 64.4. The van der Waals surface area contributed by atoms with Crippen molar-refractivity contribution < 1.29 is 33.4 Å². The molecule has 0 aromatic heterocycles. The molecule has 0 saturated carbocycles. The van der Waals surface area contributed by atoms with E-state index in [1.807, 2.05) is 6.07 Å². The number of amidine groups is 1. The van der Waals surface area contributed by atoms with Gasteiger partial charge in [0.25, 0.3) is 0 Å². The van der Waals surface area contributed by atoms with Crippen LogP contribution < -0.4 is 21.7 Å². The van der Waals surface area contributed by atoms with Gasteiger partial charge in [-0.1, -0.05) is 54.6 Å². The van der Waals surface area contributed by atoms with Gasteiger partial charge in [0.2, 0.25) is 17.7 Å². The molecule has 0 spiro atoms. The Balaban J connectivity index is 0.0000106. The largest absolute Gasteiger partial charge is 0.460 e. The van der Waals surface area contributed by atoms with Crippen LogP contribution in [0, 0.1) is 5.41 Å². The number of hydrogen-bond donors (Lipinski definition) is 5. The van der Waals surface area contributed by atoms with Crippen molar-refractivity contribution in [3.05, 3.63) is 71.3 Å². The number of halogens is 1. The van der Waals surface area contributed by atoms with E-state index in [2.05, 4.69) is 16.0 Å². The van der Waals surface area contributed by atoms with Crippen LogP contribution in [-0.2, 0) is 46.3 Å². The molecule has 2 aromatic carbocycles. The van der Waals surface area contributed by atoms with E-state index < -0.39 is 53.5 Å². The summed E-state index contributed by atoms with van der Waals surface area (Å²) >= 11 is 0. The second kappa shape index (κ2) is 18.2. The van der Waals surface area contributed by atoms with Gasteiger partial charge >= 0.3 is 11.9 Å². The highest BCUT2D eigenvalue weighted by molar-refractivity contribution is 14.0. The van der Waals surface area contributed by atoms with E-state index in [0.717, 1.165) is 5.56 Å². The Morgan fingerprint density at radius 1 is 0.783 bits per heavy atom. The first kappa shape index (κ1) is 40.0. The standard InChI is InChI=1S/C33H45N5O7.HI/c1-32(2,3)44-28(41)20-24(30(42)38-25(31(43)45-33(4,5)6)18-21-10-8-7-9-11-21)37-26(39)16-17-36-27(40)19-22-12-14-23(15-13-22)29(34)35;/h7-15,24-25H,16-20H2,1-6H3,(H3,34,35)(H,36,40)(H,37,39)(H,38,42);1H/t24-,25-;/m0./s1. The van der Waals surface area contributed by atoms with Gasteiger partial charge in [-0.25, -0.2) is 4.79 Å². The summed E-state index contributed by atoms with van der Waals surface area (Å²) in [6.45, 7) is 10.1. The maximum Gasteiger partial charge on any atom is 0.329 e. The van der Waals surface area contributed by atoms with Gasteiger partial charge in [0.1, 0.15) is 29.1 Å². The van der Waals surface area contributed by atoms with Crippen LogP contribution in [0.25, 0.3) is 0 Å². The summed E-state index contributed by atoms with van der Waals surface area (Å²) in [5.74, 6) is -3.15. The Bertz CT molecular complexity index is 1350. The lowest BCUT2D eigenvalue weighted by Crippen LogP contribution is -2.54. The van der Waals surface area contributed by atoms with Gasteiger partial charge in [0.15, 0.2) is 0 Å². The van der Waals surface area contributed by atoms with Gasteiger partial charge in [0.05, 0.1) is 12.8 Å². The molecule has 2 aromatic rings. The fraction of sp³-hybridized carbons (Fsp3) is 0.455. The van der Waals surface area contributed by atoms with Crippen LogP contribution in [0.4, 0.5) is 0 Å². The highest BCUT2D eigenvalue weighted by atomic mass is 127. The van der Waals surface area contributed by atoms with E-state index in [1.54, 1.807) is 90.1 Å². The summed E-state index contributed by atoms with van der Waals surface area (Å²) < 4.78 is 10.9. The number of hydrogen-bond acceptors (Lipinski definition) is 8. The molecule has 2 atom stereocenters. The molecule has 252 valence electrons. The van der Waals surface area contributed by atoms with Crippen molar-refractivity contribution in [2.24, 2.45) is 5.73 Å².